The summed E-state index contributed by atoms with van der Waals surface area (Å²) in [4.78, 5) is 16.0. The van der Waals surface area contributed by atoms with Crippen molar-refractivity contribution in [3.8, 4) is 5.75 Å². The van der Waals surface area contributed by atoms with Gasteiger partial charge in [-0.25, -0.2) is 0 Å². The molecular weight excluding hydrogens is 325 g/mol. The zero-order valence-corrected chi connectivity index (χ0v) is 14.6. The van der Waals surface area contributed by atoms with Crippen LogP contribution >= 0.6 is 24.8 Å². The zero-order chi connectivity index (χ0) is 14.4. The third-order valence-electron chi connectivity index (χ3n) is 3.82. The van der Waals surface area contributed by atoms with Crippen LogP contribution in [0, 0.1) is 5.41 Å². The second-order valence-electron chi connectivity index (χ2n) is 5.73. The number of hydrogen-bond acceptors (Lipinski definition) is 4. The number of hydrogen-bond donors (Lipinski definition) is 2. The number of carbonyl (C=O) groups is 1. The van der Waals surface area contributed by atoms with Crippen molar-refractivity contribution in [2.24, 2.45) is 5.41 Å². The SMILES string of the molecule is CC(Oc1cccnc1)C(=O)NCC1(C)CCNCC1.Cl.Cl. The van der Waals surface area contributed by atoms with Crippen molar-refractivity contribution in [1.82, 2.24) is 15.6 Å². The molecule has 7 heteroatoms. The number of nitrogens with one attached hydrogen (secondary N) is 2. The van der Waals surface area contributed by atoms with E-state index in [2.05, 4.69) is 22.5 Å². The van der Waals surface area contributed by atoms with Crippen LogP contribution in [0.4, 0.5) is 0 Å². The van der Waals surface area contributed by atoms with E-state index in [1.165, 1.54) is 0 Å². The molecule has 2 heterocycles. The molecule has 0 saturated carbocycles. The number of halogens is 2. The molecule has 0 radical (unpaired) electrons. The van der Waals surface area contributed by atoms with Gasteiger partial charge in [0.1, 0.15) is 5.75 Å². The highest BCUT2D eigenvalue weighted by atomic mass is 35.5. The van der Waals surface area contributed by atoms with Gasteiger partial charge in [-0.2, -0.15) is 0 Å². The Morgan fingerprint density at radius 3 is 2.73 bits per heavy atom. The summed E-state index contributed by atoms with van der Waals surface area (Å²) in [6.45, 7) is 6.73. The van der Waals surface area contributed by atoms with Crippen LogP contribution in [0.5, 0.6) is 5.75 Å². The second-order valence-corrected chi connectivity index (χ2v) is 5.73. The van der Waals surface area contributed by atoms with Crippen molar-refractivity contribution in [3.63, 3.8) is 0 Å². The number of aromatic nitrogens is 1. The first-order valence-corrected chi connectivity index (χ1v) is 7.14. The number of ether oxygens (including phenoxy) is 1. The number of pyridine rings is 1. The van der Waals surface area contributed by atoms with Gasteiger partial charge < -0.3 is 15.4 Å². The highest BCUT2D eigenvalue weighted by molar-refractivity contribution is 5.85. The molecule has 1 unspecified atom stereocenters. The Balaban J connectivity index is 0.00000220. The molecule has 5 nitrogen and oxygen atoms in total. The molecule has 1 fully saturated rings. The van der Waals surface area contributed by atoms with Crippen LogP contribution in [0.3, 0.4) is 0 Å². The summed E-state index contributed by atoms with van der Waals surface area (Å²) >= 11 is 0. The standard InChI is InChI=1S/C15H23N3O2.2ClH/c1-12(20-13-4-3-7-17-10-13)14(19)18-11-15(2)5-8-16-9-6-15;;/h3-4,7,10,12,16H,5-6,8-9,11H2,1-2H3,(H,18,19);2*1H. The molecule has 0 aromatic carbocycles. The second kappa shape index (κ2) is 9.87. The summed E-state index contributed by atoms with van der Waals surface area (Å²) in [5.74, 6) is 0.539. The molecular formula is C15H25Cl2N3O2. The normalized spacial score (nSPS) is 17.4. The summed E-state index contributed by atoms with van der Waals surface area (Å²) in [6.07, 6.45) is 4.95. The van der Waals surface area contributed by atoms with Crippen molar-refractivity contribution >= 4 is 30.7 Å². The predicted molar refractivity (Wildman–Crippen MR) is 92.0 cm³/mol. The molecule has 2 N–H and O–H groups in total. The van der Waals surface area contributed by atoms with E-state index in [-0.39, 0.29) is 36.1 Å². The summed E-state index contributed by atoms with van der Waals surface area (Å²) in [6, 6.07) is 3.58. The molecule has 126 valence electrons. The van der Waals surface area contributed by atoms with E-state index in [0.29, 0.717) is 12.3 Å². The maximum Gasteiger partial charge on any atom is 0.260 e. The van der Waals surface area contributed by atoms with Crippen molar-refractivity contribution in [2.75, 3.05) is 19.6 Å². The van der Waals surface area contributed by atoms with E-state index >= 15 is 0 Å². The van der Waals surface area contributed by atoms with E-state index in [4.69, 9.17) is 4.74 Å². The van der Waals surface area contributed by atoms with Gasteiger partial charge >= 0.3 is 0 Å². The summed E-state index contributed by atoms with van der Waals surface area (Å²) < 4.78 is 5.56. The maximum absolute atomic E-state index is 12.1. The highest BCUT2D eigenvalue weighted by Crippen LogP contribution is 2.26. The lowest BCUT2D eigenvalue weighted by Gasteiger charge is -2.34. The largest absolute Gasteiger partial charge is 0.479 e. The van der Waals surface area contributed by atoms with Gasteiger partial charge in [0.2, 0.25) is 0 Å². The number of piperidine rings is 1. The van der Waals surface area contributed by atoms with E-state index in [0.717, 1.165) is 25.9 Å². The van der Waals surface area contributed by atoms with Crippen molar-refractivity contribution in [1.29, 1.82) is 0 Å². The Bertz CT molecular complexity index is 440. The van der Waals surface area contributed by atoms with Crippen LogP contribution in [0.15, 0.2) is 24.5 Å². The monoisotopic (exact) mass is 349 g/mol. The fraction of sp³-hybridized carbons (Fsp3) is 0.600. The van der Waals surface area contributed by atoms with Gasteiger partial charge in [-0.05, 0) is 50.4 Å². The van der Waals surface area contributed by atoms with Crippen LogP contribution in [0.2, 0.25) is 0 Å². The molecule has 1 aromatic heterocycles. The first kappa shape index (κ1) is 21.0. The van der Waals surface area contributed by atoms with Crippen LogP contribution < -0.4 is 15.4 Å². The van der Waals surface area contributed by atoms with Crippen LogP contribution in [0.1, 0.15) is 26.7 Å². The van der Waals surface area contributed by atoms with Gasteiger partial charge in [-0.15, -0.1) is 24.8 Å². The Morgan fingerprint density at radius 1 is 1.45 bits per heavy atom. The Labute approximate surface area is 144 Å². The fourth-order valence-electron chi connectivity index (χ4n) is 2.33. The van der Waals surface area contributed by atoms with Crippen LogP contribution in [-0.2, 0) is 4.79 Å². The van der Waals surface area contributed by atoms with Crippen molar-refractivity contribution in [2.45, 2.75) is 32.8 Å². The minimum absolute atomic E-state index is 0. The minimum atomic E-state index is -0.510. The Morgan fingerprint density at radius 2 is 2.14 bits per heavy atom. The van der Waals surface area contributed by atoms with Gasteiger partial charge in [0.05, 0.1) is 6.20 Å². The van der Waals surface area contributed by atoms with Gasteiger partial charge in [0.25, 0.3) is 5.91 Å². The number of carbonyl (C=O) groups excluding carboxylic acids is 1. The predicted octanol–water partition coefficient (Wildman–Crippen LogP) is 2.20. The highest BCUT2D eigenvalue weighted by Gasteiger charge is 2.28. The van der Waals surface area contributed by atoms with Crippen LogP contribution in [-0.4, -0.2) is 36.6 Å². The molecule has 1 aromatic rings. The van der Waals surface area contributed by atoms with Gasteiger partial charge in [-0.1, -0.05) is 6.92 Å². The molecule has 2 rings (SSSR count). The van der Waals surface area contributed by atoms with Gasteiger partial charge in [0, 0.05) is 12.7 Å². The molecule has 0 bridgehead atoms. The van der Waals surface area contributed by atoms with E-state index in [1.54, 1.807) is 31.5 Å². The number of amides is 1. The lowest BCUT2D eigenvalue weighted by atomic mass is 9.81. The van der Waals surface area contributed by atoms with Gasteiger partial charge in [0.15, 0.2) is 6.10 Å². The lowest BCUT2D eigenvalue weighted by molar-refractivity contribution is -0.127. The first-order valence-electron chi connectivity index (χ1n) is 7.14. The van der Waals surface area contributed by atoms with E-state index in [1.807, 2.05) is 0 Å². The van der Waals surface area contributed by atoms with E-state index in [9.17, 15) is 4.79 Å². The smallest absolute Gasteiger partial charge is 0.260 e. The average Bonchev–Trinajstić information content (AvgIpc) is 2.46. The summed E-state index contributed by atoms with van der Waals surface area (Å²) in [5, 5.41) is 6.34. The Hall–Kier alpha value is -1.04. The Kier molecular flexibility index (Phi) is 9.41. The lowest BCUT2D eigenvalue weighted by Crippen LogP contribution is -2.45. The molecule has 0 aliphatic carbocycles. The number of nitrogens with zero attached hydrogens (tertiary/aromatic N) is 1. The molecule has 1 amide bonds. The first-order chi connectivity index (χ1) is 9.59. The topological polar surface area (TPSA) is 63.2 Å². The van der Waals surface area contributed by atoms with Crippen molar-refractivity contribution in [3.05, 3.63) is 24.5 Å². The summed E-state index contributed by atoms with van der Waals surface area (Å²) in [5.41, 5.74) is 0.189. The third-order valence-corrected chi connectivity index (χ3v) is 3.82. The molecule has 1 saturated heterocycles. The number of rotatable bonds is 5. The van der Waals surface area contributed by atoms with Gasteiger partial charge in [-0.3, -0.25) is 9.78 Å². The maximum atomic E-state index is 12.1. The minimum Gasteiger partial charge on any atom is -0.479 e. The molecule has 1 aliphatic rings. The molecule has 1 aliphatic heterocycles. The zero-order valence-electron chi connectivity index (χ0n) is 13.0. The third kappa shape index (κ3) is 6.38. The fourth-order valence-corrected chi connectivity index (χ4v) is 2.33. The molecule has 1 atom stereocenters. The average molecular weight is 350 g/mol. The summed E-state index contributed by atoms with van der Waals surface area (Å²) in [7, 11) is 0. The van der Waals surface area contributed by atoms with E-state index < -0.39 is 6.10 Å². The van der Waals surface area contributed by atoms with Crippen LogP contribution in [0.25, 0.3) is 0 Å². The van der Waals surface area contributed by atoms with Crippen molar-refractivity contribution < 1.29 is 9.53 Å². The molecule has 22 heavy (non-hydrogen) atoms. The molecule has 0 spiro atoms. The quantitative estimate of drug-likeness (QED) is 0.855.